The Morgan fingerprint density at radius 1 is 1.07 bits per heavy atom. The quantitative estimate of drug-likeness (QED) is 0.670. The van der Waals surface area contributed by atoms with Crippen molar-refractivity contribution in [2.45, 2.75) is 38.3 Å². The molecular weight excluding hydrogens is 354 g/mol. The Morgan fingerprint density at radius 3 is 2.71 bits per heavy atom. The third-order valence-corrected chi connectivity index (χ3v) is 5.99. The highest BCUT2D eigenvalue weighted by molar-refractivity contribution is 5.86. The predicted molar refractivity (Wildman–Crippen MR) is 108 cm³/mol. The van der Waals surface area contributed by atoms with Crippen molar-refractivity contribution in [2.24, 2.45) is 0 Å². The molecule has 2 aliphatic rings. The SMILES string of the molecule is COc1ccccc1-c1coc2c3c(ccc2c1=O)OCN(C1CCCC1)C3. The van der Waals surface area contributed by atoms with Crippen LogP contribution in [0.15, 0.2) is 51.9 Å². The average molecular weight is 377 g/mol. The van der Waals surface area contributed by atoms with Gasteiger partial charge >= 0.3 is 0 Å². The second-order valence-electron chi connectivity index (χ2n) is 7.56. The van der Waals surface area contributed by atoms with E-state index in [0.29, 0.717) is 35.1 Å². The molecule has 0 saturated heterocycles. The molecule has 5 rings (SSSR count). The first-order valence-corrected chi connectivity index (χ1v) is 9.84. The molecule has 5 heteroatoms. The van der Waals surface area contributed by atoms with Crippen molar-refractivity contribution in [1.82, 2.24) is 4.90 Å². The van der Waals surface area contributed by atoms with Gasteiger partial charge in [-0.15, -0.1) is 0 Å². The van der Waals surface area contributed by atoms with E-state index < -0.39 is 0 Å². The maximum Gasteiger partial charge on any atom is 0.200 e. The van der Waals surface area contributed by atoms with E-state index in [4.69, 9.17) is 13.9 Å². The summed E-state index contributed by atoms with van der Waals surface area (Å²) in [5.41, 5.74) is 2.80. The predicted octanol–water partition coefficient (Wildman–Crippen LogP) is 4.56. The molecule has 1 fully saturated rings. The molecule has 0 unspecified atom stereocenters. The van der Waals surface area contributed by atoms with Crippen molar-refractivity contribution in [3.05, 3.63) is 58.4 Å². The van der Waals surface area contributed by atoms with Gasteiger partial charge in [-0.2, -0.15) is 0 Å². The van der Waals surface area contributed by atoms with Crippen LogP contribution in [0.1, 0.15) is 31.2 Å². The van der Waals surface area contributed by atoms with Gasteiger partial charge in [0.15, 0.2) is 0 Å². The third kappa shape index (κ3) is 2.78. The van der Waals surface area contributed by atoms with Gasteiger partial charge in [0.05, 0.1) is 23.6 Å². The first-order valence-electron chi connectivity index (χ1n) is 9.84. The highest BCUT2D eigenvalue weighted by Gasteiger charge is 2.29. The van der Waals surface area contributed by atoms with Gasteiger partial charge in [0.25, 0.3) is 0 Å². The Morgan fingerprint density at radius 2 is 1.89 bits per heavy atom. The van der Waals surface area contributed by atoms with Gasteiger partial charge < -0.3 is 13.9 Å². The Labute approximate surface area is 163 Å². The van der Waals surface area contributed by atoms with Crippen LogP contribution in [0, 0.1) is 0 Å². The number of hydrogen-bond acceptors (Lipinski definition) is 5. The van der Waals surface area contributed by atoms with Gasteiger partial charge in [0.1, 0.15) is 30.1 Å². The normalized spacial score (nSPS) is 17.5. The second kappa shape index (κ2) is 6.99. The molecule has 2 aromatic carbocycles. The molecule has 0 N–H and O–H groups in total. The fraction of sp³-hybridized carbons (Fsp3) is 0.348. The molecule has 144 valence electrons. The van der Waals surface area contributed by atoms with E-state index in [-0.39, 0.29) is 5.43 Å². The molecule has 1 aliphatic carbocycles. The van der Waals surface area contributed by atoms with Crippen LogP contribution in [-0.2, 0) is 6.54 Å². The fourth-order valence-electron chi connectivity index (χ4n) is 4.48. The Hall–Kier alpha value is -2.79. The molecule has 5 nitrogen and oxygen atoms in total. The number of fused-ring (bicyclic) bond motifs is 3. The summed E-state index contributed by atoms with van der Waals surface area (Å²) in [6, 6.07) is 11.8. The zero-order valence-electron chi connectivity index (χ0n) is 15.9. The van der Waals surface area contributed by atoms with E-state index in [2.05, 4.69) is 4.90 Å². The molecule has 1 aromatic heterocycles. The maximum absolute atomic E-state index is 13.3. The lowest BCUT2D eigenvalue weighted by atomic mass is 10.0. The molecule has 3 aromatic rings. The molecule has 1 aliphatic heterocycles. The third-order valence-electron chi connectivity index (χ3n) is 5.99. The Balaban J connectivity index is 1.61. The minimum Gasteiger partial charge on any atom is -0.496 e. The van der Waals surface area contributed by atoms with Crippen LogP contribution < -0.4 is 14.9 Å². The van der Waals surface area contributed by atoms with Crippen LogP contribution in [0.2, 0.25) is 0 Å². The van der Waals surface area contributed by atoms with E-state index >= 15 is 0 Å². The molecule has 2 heterocycles. The number of hydrogen-bond donors (Lipinski definition) is 0. The van der Waals surface area contributed by atoms with Gasteiger partial charge in [-0.25, -0.2) is 0 Å². The average Bonchev–Trinajstić information content (AvgIpc) is 3.28. The van der Waals surface area contributed by atoms with Crippen LogP contribution in [0.5, 0.6) is 11.5 Å². The van der Waals surface area contributed by atoms with E-state index in [0.717, 1.165) is 23.4 Å². The van der Waals surface area contributed by atoms with Crippen molar-refractivity contribution in [3.8, 4) is 22.6 Å². The Kier molecular flexibility index (Phi) is 4.32. The highest BCUT2D eigenvalue weighted by atomic mass is 16.5. The van der Waals surface area contributed by atoms with Crippen LogP contribution in [0.25, 0.3) is 22.1 Å². The zero-order valence-corrected chi connectivity index (χ0v) is 15.9. The summed E-state index contributed by atoms with van der Waals surface area (Å²) < 4.78 is 17.4. The number of rotatable bonds is 3. The highest BCUT2D eigenvalue weighted by Crippen LogP contribution is 2.36. The first kappa shape index (κ1) is 17.3. The van der Waals surface area contributed by atoms with Gasteiger partial charge in [0, 0.05) is 18.2 Å². The van der Waals surface area contributed by atoms with Crippen molar-refractivity contribution in [3.63, 3.8) is 0 Å². The van der Waals surface area contributed by atoms with Crippen LogP contribution >= 0.6 is 0 Å². The topological polar surface area (TPSA) is 51.9 Å². The number of ether oxygens (including phenoxy) is 2. The lowest BCUT2D eigenvalue weighted by molar-refractivity contribution is 0.0581. The second-order valence-corrected chi connectivity index (χ2v) is 7.56. The zero-order chi connectivity index (χ0) is 19.1. The molecule has 0 amide bonds. The van der Waals surface area contributed by atoms with Crippen molar-refractivity contribution >= 4 is 11.0 Å². The fourth-order valence-corrected chi connectivity index (χ4v) is 4.48. The molecule has 0 spiro atoms. The largest absolute Gasteiger partial charge is 0.496 e. The van der Waals surface area contributed by atoms with Crippen LogP contribution in [0.4, 0.5) is 0 Å². The number of nitrogens with zero attached hydrogens (tertiary/aromatic N) is 1. The monoisotopic (exact) mass is 377 g/mol. The lowest BCUT2D eigenvalue weighted by Crippen LogP contribution is -2.39. The van der Waals surface area contributed by atoms with Crippen molar-refractivity contribution in [2.75, 3.05) is 13.8 Å². The van der Waals surface area contributed by atoms with Crippen molar-refractivity contribution in [1.29, 1.82) is 0 Å². The molecule has 0 bridgehead atoms. The van der Waals surface area contributed by atoms with Gasteiger partial charge in [-0.3, -0.25) is 9.69 Å². The summed E-state index contributed by atoms with van der Waals surface area (Å²) in [5.74, 6) is 1.47. The molecule has 0 radical (unpaired) electrons. The van der Waals surface area contributed by atoms with E-state index in [1.54, 1.807) is 13.4 Å². The number of benzene rings is 2. The molecule has 1 saturated carbocycles. The lowest BCUT2D eigenvalue weighted by Gasteiger charge is -2.33. The molecular formula is C23H23NO4. The molecule has 0 atom stereocenters. The number of methoxy groups -OCH3 is 1. The van der Waals surface area contributed by atoms with E-state index in [1.165, 1.54) is 25.7 Å². The van der Waals surface area contributed by atoms with Gasteiger partial charge in [-0.05, 0) is 31.0 Å². The molecule has 28 heavy (non-hydrogen) atoms. The smallest absolute Gasteiger partial charge is 0.200 e. The summed E-state index contributed by atoms with van der Waals surface area (Å²) in [4.78, 5) is 15.6. The maximum atomic E-state index is 13.3. The van der Waals surface area contributed by atoms with Gasteiger partial charge in [0.2, 0.25) is 5.43 Å². The Bertz CT molecular complexity index is 1080. The van der Waals surface area contributed by atoms with Crippen molar-refractivity contribution < 1.29 is 13.9 Å². The summed E-state index contributed by atoms with van der Waals surface area (Å²) in [7, 11) is 1.60. The summed E-state index contributed by atoms with van der Waals surface area (Å²) >= 11 is 0. The van der Waals surface area contributed by atoms with E-state index in [1.807, 2.05) is 36.4 Å². The minimum absolute atomic E-state index is 0.0495. The van der Waals surface area contributed by atoms with Crippen LogP contribution in [-0.4, -0.2) is 24.8 Å². The number of para-hydroxylation sites is 1. The van der Waals surface area contributed by atoms with Gasteiger partial charge in [-0.1, -0.05) is 31.0 Å². The standard InChI is InChI=1S/C23H23NO4/c1-26-20-9-5-4-8-16(20)19-13-27-23-17(22(19)25)10-11-21-18(23)12-24(14-28-21)15-6-2-3-7-15/h4-5,8-11,13,15H,2-3,6-7,12,14H2,1H3. The minimum atomic E-state index is -0.0495. The summed E-state index contributed by atoms with van der Waals surface area (Å²) in [6.45, 7) is 1.36. The summed E-state index contributed by atoms with van der Waals surface area (Å²) in [5, 5.41) is 0.582. The van der Waals surface area contributed by atoms with Crippen LogP contribution in [0.3, 0.4) is 0 Å². The summed E-state index contributed by atoms with van der Waals surface area (Å²) in [6.07, 6.45) is 6.54. The first-order chi connectivity index (χ1) is 13.8. The van der Waals surface area contributed by atoms with E-state index in [9.17, 15) is 4.79 Å².